The fourth-order valence-electron chi connectivity index (χ4n) is 2.40. The summed E-state index contributed by atoms with van der Waals surface area (Å²) in [6.07, 6.45) is 4.18. The van der Waals surface area contributed by atoms with E-state index in [4.69, 9.17) is 0 Å². The Labute approximate surface area is 115 Å². The van der Waals surface area contributed by atoms with E-state index in [0.29, 0.717) is 12.5 Å². The van der Waals surface area contributed by atoms with Crippen LogP contribution in [0.2, 0.25) is 0 Å². The van der Waals surface area contributed by atoms with Gasteiger partial charge >= 0.3 is 0 Å². The van der Waals surface area contributed by atoms with Gasteiger partial charge in [0.25, 0.3) is 0 Å². The van der Waals surface area contributed by atoms with Crippen molar-refractivity contribution in [1.29, 1.82) is 0 Å². The zero-order chi connectivity index (χ0) is 13.7. The smallest absolute Gasteiger partial charge is 0.234 e. The van der Waals surface area contributed by atoms with Gasteiger partial charge in [0.05, 0.1) is 11.4 Å². The second kappa shape index (κ2) is 6.39. The zero-order valence-corrected chi connectivity index (χ0v) is 12.2. The highest BCUT2D eigenvalue weighted by Crippen LogP contribution is 2.17. The molecule has 106 valence electrons. The van der Waals surface area contributed by atoms with Gasteiger partial charge in [-0.05, 0) is 37.9 Å². The van der Waals surface area contributed by atoms with E-state index in [9.17, 15) is 8.42 Å². The van der Waals surface area contributed by atoms with Crippen LogP contribution in [0.4, 0.5) is 5.69 Å². The van der Waals surface area contributed by atoms with Crippen LogP contribution in [0, 0.1) is 0 Å². The van der Waals surface area contributed by atoms with Gasteiger partial charge in [-0.25, -0.2) is 8.42 Å². The maximum atomic E-state index is 12.3. The SMILES string of the molecule is CN(c1ccccc1)S(=O)(=O)CCC1CCCCN1. The lowest BCUT2D eigenvalue weighted by Crippen LogP contribution is -2.37. The van der Waals surface area contributed by atoms with E-state index in [0.717, 1.165) is 18.7 Å². The molecule has 1 aliphatic rings. The predicted octanol–water partition coefficient (Wildman–Crippen LogP) is 1.98. The third-order valence-corrected chi connectivity index (χ3v) is 5.47. The number of nitrogens with zero attached hydrogens (tertiary/aromatic N) is 1. The first kappa shape index (κ1) is 14.3. The molecule has 0 aromatic heterocycles. The van der Waals surface area contributed by atoms with Gasteiger partial charge in [-0.1, -0.05) is 24.6 Å². The van der Waals surface area contributed by atoms with E-state index in [1.807, 2.05) is 30.3 Å². The average Bonchev–Trinajstić information content (AvgIpc) is 2.46. The molecule has 5 heteroatoms. The number of benzene rings is 1. The predicted molar refractivity (Wildman–Crippen MR) is 78.9 cm³/mol. The third kappa shape index (κ3) is 3.94. The van der Waals surface area contributed by atoms with Gasteiger partial charge in [-0.2, -0.15) is 0 Å². The first-order valence-corrected chi connectivity index (χ1v) is 8.45. The molecule has 1 aliphatic heterocycles. The van der Waals surface area contributed by atoms with Crippen LogP contribution in [0.1, 0.15) is 25.7 Å². The van der Waals surface area contributed by atoms with Crippen molar-refractivity contribution >= 4 is 15.7 Å². The summed E-state index contributed by atoms with van der Waals surface area (Å²) in [5, 5.41) is 3.39. The van der Waals surface area contributed by atoms with Gasteiger partial charge in [0.15, 0.2) is 0 Å². The lowest BCUT2D eigenvalue weighted by atomic mass is 10.0. The van der Waals surface area contributed by atoms with E-state index in [1.165, 1.54) is 17.1 Å². The number of piperidine rings is 1. The van der Waals surface area contributed by atoms with Crippen molar-refractivity contribution in [2.45, 2.75) is 31.7 Å². The number of sulfonamides is 1. The van der Waals surface area contributed by atoms with Gasteiger partial charge in [0, 0.05) is 13.1 Å². The fourth-order valence-corrected chi connectivity index (χ4v) is 3.70. The number of hydrogen-bond acceptors (Lipinski definition) is 3. The van der Waals surface area contributed by atoms with Crippen molar-refractivity contribution in [3.8, 4) is 0 Å². The molecule has 4 nitrogen and oxygen atoms in total. The molecular weight excluding hydrogens is 260 g/mol. The van der Waals surface area contributed by atoms with Crippen LogP contribution in [-0.4, -0.2) is 33.8 Å². The standard InChI is InChI=1S/C14H22N2O2S/c1-16(14-8-3-2-4-9-14)19(17,18)12-10-13-7-5-6-11-15-13/h2-4,8-9,13,15H,5-7,10-12H2,1H3. The quantitative estimate of drug-likeness (QED) is 0.898. The Hall–Kier alpha value is -1.07. The number of hydrogen-bond donors (Lipinski definition) is 1. The molecule has 2 rings (SSSR count). The van der Waals surface area contributed by atoms with Crippen LogP contribution < -0.4 is 9.62 Å². The fraction of sp³-hybridized carbons (Fsp3) is 0.571. The second-order valence-electron chi connectivity index (χ2n) is 5.05. The Balaban J connectivity index is 1.94. The summed E-state index contributed by atoms with van der Waals surface area (Å²) in [6.45, 7) is 1.01. The number of nitrogens with one attached hydrogen (secondary N) is 1. The number of rotatable bonds is 5. The molecule has 0 radical (unpaired) electrons. The summed E-state index contributed by atoms with van der Waals surface area (Å²) in [5.41, 5.74) is 0.721. The molecule has 1 saturated heterocycles. The lowest BCUT2D eigenvalue weighted by Gasteiger charge is -2.25. The topological polar surface area (TPSA) is 49.4 Å². The minimum Gasteiger partial charge on any atom is -0.314 e. The van der Waals surface area contributed by atoms with Crippen LogP contribution in [0.3, 0.4) is 0 Å². The van der Waals surface area contributed by atoms with E-state index >= 15 is 0 Å². The molecule has 0 amide bonds. The number of anilines is 1. The maximum absolute atomic E-state index is 12.3. The first-order valence-electron chi connectivity index (χ1n) is 6.84. The van der Waals surface area contributed by atoms with E-state index < -0.39 is 10.0 Å². The highest BCUT2D eigenvalue weighted by Gasteiger charge is 2.21. The molecule has 1 atom stereocenters. The highest BCUT2D eigenvalue weighted by atomic mass is 32.2. The molecule has 1 aromatic carbocycles. The molecule has 0 saturated carbocycles. The Kier molecular flexibility index (Phi) is 4.82. The summed E-state index contributed by atoms with van der Waals surface area (Å²) in [6, 6.07) is 9.57. The molecule has 1 fully saturated rings. The zero-order valence-electron chi connectivity index (χ0n) is 11.4. The second-order valence-corrected chi connectivity index (χ2v) is 7.17. The Bertz CT molecular complexity index is 481. The van der Waals surface area contributed by atoms with Gasteiger partial charge in [0.2, 0.25) is 10.0 Å². The largest absolute Gasteiger partial charge is 0.314 e. The molecule has 0 bridgehead atoms. The molecule has 1 N–H and O–H groups in total. The minimum atomic E-state index is -3.22. The molecule has 19 heavy (non-hydrogen) atoms. The summed E-state index contributed by atoms with van der Waals surface area (Å²) in [5.74, 6) is 0.204. The maximum Gasteiger partial charge on any atom is 0.234 e. The summed E-state index contributed by atoms with van der Waals surface area (Å²) in [4.78, 5) is 0. The van der Waals surface area contributed by atoms with E-state index in [1.54, 1.807) is 7.05 Å². The van der Waals surface area contributed by atoms with Crippen molar-refractivity contribution in [1.82, 2.24) is 5.32 Å². The first-order chi connectivity index (χ1) is 9.09. The van der Waals surface area contributed by atoms with Crippen molar-refractivity contribution in [2.75, 3.05) is 23.7 Å². The monoisotopic (exact) mass is 282 g/mol. The van der Waals surface area contributed by atoms with Crippen molar-refractivity contribution < 1.29 is 8.42 Å². The molecule has 0 spiro atoms. The Morgan fingerprint density at radius 3 is 2.63 bits per heavy atom. The van der Waals surface area contributed by atoms with Crippen LogP contribution in [0.5, 0.6) is 0 Å². The van der Waals surface area contributed by atoms with E-state index in [2.05, 4.69) is 5.32 Å². The van der Waals surface area contributed by atoms with Crippen LogP contribution in [-0.2, 0) is 10.0 Å². The third-order valence-electron chi connectivity index (χ3n) is 3.67. The molecule has 1 unspecified atom stereocenters. The van der Waals surface area contributed by atoms with Gasteiger partial charge < -0.3 is 5.32 Å². The highest BCUT2D eigenvalue weighted by molar-refractivity contribution is 7.92. The lowest BCUT2D eigenvalue weighted by molar-refractivity contribution is 0.392. The van der Waals surface area contributed by atoms with Crippen LogP contribution in [0.25, 0.3) is 0 Å². The van der Waals surface area contributed by atoms with Gasteiger partial charge in [-0.15, -0.1) is 0 Å². The number of para-hydroxylation sites is 1. The summed E-state index contributed by atoms with van der Waals surface area (Å²) >= 11 is 0. The van der Waals surface area contributed by atoms with Crippen molar-refractivity contribution in [3.63, 3.8) is 0 Å². The summed E-state index contributed by atoms with van der Waals surface area (Å²) in [7, 11) is -1.60. The van der Waals surface area contributed by atoms with Crippen molar-refractivity contribution in [3.05, 3.63) is 30.3 Å². The summed E-state index contributed by atoms with van der Waals surface area (Å²) < 4.78 is 25.9. The Morgan fingerprint density at radius 2 is 2.00 bits per heavy atom. The van der Waals surface area contributed by atoms with Crippen LogP contribution >= 0.6 is 0 Å². The normalized spacial score (nSPS) is 20.2. The van der Waals surface area contributed by atoms with Crippen molar-refractivity contribution in [2.24, 2.45) is 0 Å². The minimum absolute atomic E-state index is 0.204. The molecule has 0 aliphatic carbocycles. The van der Waals surface area contributed by atoms with Gasteiger partial charge in [0.1, 0.15) is 0 Å². The molecule has 1 heterocycles. The molecular formula is C14H22N2O2S. The van der Waals surface area contributed by atoms with E-state index in [-0.39, 0.29) is 5.75 Å². The van der Waals surface area contributed by atoms with Crippen LogP contribution in [0.15, 0.2) is 30.3 Å². The average molecular weight is 282 g/mol. The van der Waals surface area contributed by atoms with Gasteiger partial charge in [-0.3, -0.25) is 4.31 Å². The molecule has 1 aromatic rings. The Morgan fingerprint density at radius 1 is 1.26 bits per heavy atom.